The minimum absolute atomic E-state index is 0.121. The molecular weight excluding hydrogens is 258 g/mol. The van der Waals surface area contributed by atoms with E-state index < -0.39 is 13.0 Å². The Hall–Kier alpha value is -0.590. The Bertz CT molecular complexity index is 308. The van der Waals surface area contributed by atoms with Crippen molar-refractivity contribution >= 4 is 15.9 Å². The Morgan fingerprint density at radius 1 is 1.57 bits per heavy atom. The van der Waals surface area contributed by atoms with Crippen LogP contribution in [-0.2, 0) is 13.2 Å². The molecule has 3 N–H and O–H groups in total. The topological polar surface area (TPSA) is 59.1 Å². The van der Waals surface area contributed by atoms with Gasteiger partial charge in [0.2, 0.25) is 0 Å². The van der Waals surface area contributed by atoms with Gasteiger partial charge in [-0.05, 0) is 27.6 Å². The van der Waals surface area contributed by atoms with Crippen molar-refractivity contribution in [1.29, 1.82) is 0 Å². The molecule has 0 saturated heterocycles. The van der Waals surface area contributed by atoms with Gasteiger partial charge in [0.1, 0.15) is 5.69 Å². The normalized spacial score (nSPS) is 11.0. The lowest BCUT2D eigenvalue weighted by atomic mass is 10.2. The molecular formula is C8H9BrF2N2O. The summed E-state index contributed by atoms with van der Waals surface area (Å²) in [4.78, 5) is 3.60. The number of alkyl halides is 2. The van der Waals surface area contributed by atoms with E-state index in [1.165, 1.54) is 6.07 Å². The van der Waals surface area contributed by atoms with Crippen LogP contribution in [0.4, 0.5) is 8.78 Å². The fraction of sp³-hybridized carbons (Fsp3) is 0.375. The van der Waals surface area contributed by atoms with E-state index in [1.54, 1.807) is 0 Å². The number of hydrogen-bond acceptors (Lipinski definition) is 3. The summed E-state index contributed by atoms with van der Waals surface area (Å²) >= 11 is 3.14. The second kappa shape index (κ2) is 4.77. The minimum atomic E-state index is -2.65. The first-order valence-electron chi connectivity index (χ1n) is 3.87. The minimum Gasteiger partial charge on any atom is -0.390 e. The van der Waals surface area contributed by atoms with Gasteiger partial charge in [-0.25, -0.2) is 13.8 Å². The molecule has 1 heterocycles. The molecule has 0 aliphatic heterocycles. The smallest absolute Gasteiger partial charge is 0.280 e. The molecule has 0 unspecified atom stereocenters. The van der Waals surface area contributed by atoms with Crippen LogP contribution in [0, 0.1) is 0 Å². The Kier molecular flexibility index (Phi) is 3.91. The summed E-state index contributed by atoms with van der Waals surface area (Å²) in [7, 11) is 0. The fourth-order valence-electron chi connectivity index (χ4n) is 1.03. The van der Waals surface area contributed by atoms with Gasteiger partial charge in [-0.3, -0.25) is 0 Å². The van der Waals surface area contributed by atoms with Crippen LogP contribution >= 0.6 is 15.9 Å². The largest absolute Gasteiger partial charge is 0.390 e. The molecule has 1 rings (SSSR count). The zero-order valence-corrected chi connectivity index (χ0v) is 8.76. The van der Waals surface area contributed by atoms with Crippen molar-refractivity contribution in [3.8, 4) is 0 Å². The van der Waals surface area contributed by atoms with Crippen LogP contribution in [0.5, 0.6) is 0 Å². The number of rotatable bonds is 3. The first-order chi connectivity index (χ1) is 6.60. The van der Waals surface area contributed by atoms with Crippen molar-refractivity contribution in [2.75, 3.05) is 0 Å². The van der Waals surface area contributed by atoms with Gasteiger partial charge in [-0.15, -0.1) is 0 Å². The number of hydrogen-bond donors (Lipinski definition) is 2. The molecule has 0 fully saturated rings. The highest BCUT2D eigenvalue weighted by atomic mass is 79.9. The van der Waals surface area contributed by atoms with Crippen LogP contribution in [-0.4, -0.2) is 10.1 Å². The van der Waals surface area contributed by atoms with E-state index in [2.05, 4.69) is 20.9 Å². The molecule has 0 saturated carbocycles. The summed E-state index contributed by atoms with van der Waals surface area (Å²) in [6, 6.07) is 1.23. The number of halogens is 3. The highest BCUT2D eigenvalue weighted by molar-refractivity contribution is 9.10. The second-order valence-corrected chi connectivity index (χ2v) is 3.42. The third-order valence-corrected chi connectivity index (χ3v) is 2.68. The van der Waals surface area contributed by atoms with Gasteiger partial charge in [0, 0.05) is 11.0 Å². The number of nitrogens with two attached hydrogens (primary N) is 1. The van der Waals surface area contributed by atoms with Gasteiger partial charge in [0.25, 0.3) is 6.43 Å². The summed E-state index contributed by atoms with van der Waals surface area (Å²) in [5.74, 6) is 0. The lowest BCUT2D eigenvalue weighted by Crippen LogP contribution is -2.05. The maximum Gasteiger partial charge on any atom is 0.280 e. The Morgan fingerprint density at radius 3 is 2.64 bits per heavy atom. The van der Waals surface area contributed by atoms with Gasteiger partial charge in [-0.1, -0.05) is 0 Å². The quantitative estimate of drug-likeness (QED) is 0.876. The molecule has 1 aromatic rings. The lowest BCUT2D eigenvalue weighted by Gasteiger charge is -2.08. The molecule has 0 radical (unpaired) electrons. The van der Waals surface area contributed by atoms with Crippen LogP contribution < -0.4 is 5.73 Å². The molecule has 1 aromatic heterocycles. The summed E-state index contributed by atoms with van der Waals surface area (Å²) in [6.07, 6.45) is -2.65. The van der Waals surface area contributed by atoms with Crippen molar-refractivity contribution in [2.24, 2.45) is 5.73 Å². The average molecular weight is 267 g/mol. The van der Waals surface area contributed by atoms with E-state index in [-0.39, 0.29) is 17.9 Å². The Morgan fingerprint density at radius 2 is 2.21 bits per heavy atom. The number of pyridine rings is 1. The molecule has 0 atom stereocenters. The predicted octanol–water partition coefficient (Wildman–Crippen LogP) is 1.73. The van der Waals surface area contributed by atoms with Crippen LogP contribution in [0.1, 0.15) is 23.4 Å². The van der Waals surface area contributed by atoms with E-state index in [4.69, 9.17) is 10.8 Å². The van der Waals surface area contributed by atoms with Crippen LogP contribution in [0.2, 0.25) is 0 Å². The van der Waals surface area contributed by atoms with Crippen molar-refractivity contribution < 1.29 is 13.9 Å². The molecule has 0 amide bonds. The van der Waals surface area contributed by atoms with Crippen LogP contribution in [0.25, 0.3) is 0 Å². The first-order valence-corrected chi connectivity index (χ1v) is 4.66. The maximum atomic E-state index is 12.3. The number of aliphatic hydroxyl groups is 1. The van der Waals surface area contributed by atoms with Gasteiger partial charge >= 0.3 is 0 Å². The Labute approximate surface area is 88.1 Å². The zero-order chi connectivity index (χ0) is 10.7. The SMILES string of the molecule is NCc1cc(C(F)F)nc(CO)c1Br. The van der Waals surface area contributed by atoms with Crippen molar-refractivity contribution in [1.82, 2.24) is 4.98 Å². The van der Waals surface area contributed by atoms with Gasteiger partial charge in [0.05, 0.1) is 12.3 Å². The maximum absolute atomic E-state index is 12.3. The summed E-state index contributed by atoms with van der Waals surface area (Å²) in [5, 5.41) is 8.87. The molecule has 6 heteroatoms. The number of aromatic nitrogens is 1. The predicted molar refractivity (Wildman–Crippen MR) is 50.7 cm³/mol. The molecule has 78 valence electrons. The molecule has 0 spiro atoms. The van der Waals surface area contributed by atoms with Crippen LogP contribution in [0.3, 0.4) is 0 Å². The molecule has 0 aromatic carbocycles. The second-order valence-electron chi connectivity index (χ2n) is 2.63. The zero-order valence-electron chi connectivity index (χ0n) is 7.17. The van der Waals surface area contributed by atoms with E-state index in [0.29, 0.717) is 10.0 Å². The fourth-order valence-corrected chi connectivity index (χ4v) is 1.52. The third kappa shape index (κ3) is 2.26. The van der Waals surface area contributed by atoms with Crippen molar-refractivity contribution in [3.63, 3.8) is 0 Å². The average Bonchev–Trinajstić information content (AvgIpc) is 2.17. The standard InChI is InChI=1S/C8H9BrF2N2O/c9-7-4(2-12)1-5(8(10)11)13-6(7)3-14/h1,8,14H,2-3,12H2. The highest BCUT2D eigenvalue weighted by Gasteiger charge is 2.14. The van der Waals surface area contributed by atoms with Gasteiger partial charge < -0.3 is 10.8 Å². The molecule has 0 aliphatic rings. The van der Waals surface area contributed by atoms with E-state index in [1.807, 2.05) is 0 Å². The highest BCUT2D eigenvalue weighted by Crippen LogP contribution is 2.25. The van der Waals surface area contributed by atoms with Crippen LogP contribution in [0.15, 0.2) is 10.5 Å². The molecule has 3 nitrogen and oxygen atoms in total. The van der Waals surface area contributed by atoms with Gasteiger partial charge in [-0.2, -0.15) is 0 Å². The first kappa shape index (κ1) is 11.5. The molecule has 14 heavy (non-hydrogen) atoms. The molecule has 0 aliphatic carbocycles. The van der Waals surface area contributed by atoms with Crippen molar-refractivity contribution in [2.45, 2.75) is 19.6 Å². The Balaban J connectivity index is 3.25. The van der Waals surface area contributed by atoms with Crippen molar-refractivity contribution in [3.05, 3.63) is 27.5 Å². The van der Waals surface area contributed by atoms with E-state index in [0.717, 1.165) is 0 Å². The van der Waals surface area contributed by atoms with E-state index >= 15 is 0 Å². The molecule has 0 bridgehead atoms. The summed E-state index contributed by atoms with van der Waals surface area (Å²) in [5.41, 5.74) is 5.69. The summed E-state index contributed by atoms with van der Waals surface area (Å²) < 4.78 is 25.2. The van der Waals surface area contributed by atoms with E-state index in [9.17, 15) is 8.78 Å². The number of nitrogens with zero attached hydrogens (tertiary/aromatic N) is 1. The number of aliphatic hydroxyl groups excluding tert-OH is 1. The monoisotopic (exact) mass is 266 g/mol. The third-order valence-electron chi connectivity index (χ3n) is 1.71. The summed E-state index contributed by atoms with van der Waals surface area (Å²) in [6.45, 7) is -0.274. The lowest BCUT2D eigenvalue weighted by molar-refractivity contribution is 0.145. The van der Waals surface area contributed by atoms with Gasteiger partial charge in [0.15, 0.2) is 0 Å².